The van der Waals surface area contributed by atoms with Gasteiger partial charge in [-0.1, -0.05) is 123 Å². The van der Waals surface area contributed by atoms with E-state index in [2.05, 4.69) is 98.1 Å². The van der Waals surface area contributed by atoms with Crippen molar-refractivity contribution >= 4 is 19.8 Å². The van der Waals surface area contributed by atoms with Gasteiger partial charge in [-0.05, 0) is 96.3 Å². The molecule has 0 aliphatic heterocycles. The number of hydrogen-bond donors (Lipinski definition) is 3. The minimum atomic E-state index is -4.42. The second-order valence-corrected chi connectivity index (χ2v) is 14.3. The average Bonchev–Trinajstić information content (AvgIpc) is 3.18. The summed E-state index contributed by atoms with van der Waals surface area (Å²) in [5, 5.41) is 8.79. The van der Waals surface area contributed by atoms with E-state index in [0.29, 0.717) is 25.7 Å². The number of aliphatic hydroxyl groups excluding tert-OH is 1. The lowest BCUT2D eigenvalue weighted by Gasteiger charge is -2.19. The Morgan fingerprint density at radius 1 is 0.571 bits per heavy atom. The summed E-state index contributed by atoms with van der Waals surface area (Å²) in [6.07, 6.45) is 51.5. The highest BCUT2D eigenvalue weighted by Gasteiger charge is 2.25. The van der Waals surface area contributed by atoms with Gasteiger partial charge in [-0.3, -0.25) is 18.6 Å². The third-order valence-corrected chi connectivity index (χ3v) is 8.68. The number of phosphoric acid groups is 1. The SMILES string of the molecule is CC/C=C\C/C=C\C/C=C\C/C=C\C/C=C\CCCC(=O)OC[C@H](COP(=O)(O)OCCN)OC(=O)CCC/C=C\C/C=C\C/C=C\C/C=C\CCCCCO. The number of ether oxygens (including phenoxy) is 2. The highest BCUT2D eigenvalue weighted by Crippen LogP contribution is 2.43. The van der Waals surface area contributed by atoms with Gasteiger partial charge in [0.25, 0.3) is 0 Å². The summed E-state index contributed by atoms with van der Waals surface area (Å²) in [5.41, 5.74) is 5.33. The van der Waals surface area contributed by atoms with Crippen LogP contribution in [-0.2, 0) is 32.7 Å². The highest BCUT2D eigenvalue weighted by molar-refractivity contribution is 7.47. The van der Waals surface area contributed by atoms with Crippen LogP contribution in [0.2, 0.25) is 0 Å². The van der Waals surface area contributed by atoms with Crippen molar-refractivity contribution in [3.05, 3.63) is 109 Å². The van der Waals surface area contributed by atoms with Crippen LogP contribution in [-0.4, -0.2) is 61.0 Å². The molecule has 0 aliphatic rings. The van der Waals surface area contributed by atoms with Gasteiger partial charge in [0, 0.05) is 26.0 Å². The summed E-state index contributed by atoms with van der Waals surface area (Å²) >= 11 is 0. The van der Waals surface area contributed by atoms with Gasteiger partial charge < -0.3 is 25.2 Å². The molecule has 0 spiro atoms. The van der Waals surface area contributed by atoms with E-state index in [-0.39, 0.29) is 39.2 Å². The van der Waals surface area contributed by atoms with Gasteiger partial charge >= 0.3 is 19.8 Å². The van der Waals surface area contributed by atoms with Crippen molar-refractivity contribution in [1.29, 1.82) is 0 Å². The Morgan fingerprint density at radius 3 is 1.45 bits per heavy atom. The van der Waals surface area contributed by atoms with E-state index < -0.39 is 32.5 Å². The van der Waals surface area contributed by atoms with E-state index in [1.54, 1.807) is 0 Å². The first-order chi connectivity index (χ1) is 27.3. The second kappa shape index (κ2) is 41.3. The fourth-order valence-corrected chi connectivity index (χ4v) is 5.46. The van der Waals surface area contributed by atoms with Crippen LogP contribution in [0, 0.1) is 0 Å². The number of esters is 2. The normalized spacial score (nSPS) is 14.4. The van der Waals surface area contributed by atoms with E-state index in [1.165, 1.54) is 0 Å². The molecule has 4 N–H and O–H groups in total. The lowest BCUT2D eigenvalue weighted by Crippen LogP contribution is -2.29. The highest BCUT2D eigenvalue weighted by atomic mass is 31.2. The summed E-state index contributed by atoms with van der Waals surface area (Å²) < 4.78 is 32.6. The van der Waals surface area contributed by atoms with Crippen molar-refractivity contribution in [1.82, 2.24) is 0 Å². The van der Waals surface area contributed by atoms with Crippen molar-refractivity contribution in [2.45, 2.75) is 129 Å². The number of nitrogens with two attached hydrogens (primary N) is 1. The summed E-state index contributed by atoms with van der Waals surface area (Å²) in [6.45, 7) is 1.45. The number of rotatable bonds is 37. The molecule has 56 heavy (non-hydrogen) atoms. The Hall–Kier alpha value is -3.37. The molecule has 0 saturated heterocycles. The van der Waals surface area contributed by atoms with Crippen LogP contribution < -0.4 is 5.73 Å². The lowest BCUT2D eigenvalue weighted by atomic mass is 10.2. The number of aliphatic hydroxyl groups is 1. The molecular weight excluding hydrogens is 729 g/mol. The predicted octanol–water partition coefficient (Wildman–Crippen LogP) is 10.6. The molecule has 0 aromatic heterocycles. The molecule has 10 nitrogen and oxygen atoms in total. The summed E-state index contributed by atoms with van der Waals surface area (Å²) in [4.78, 5) is 34.8. The molecule has 0 aromatic carbocycles. The van der Waals surface area contributed by atoms with E-state index in [1.807, 2.05) is 18.2 Å². The zero-order valence-electron chi connectivity index (χ0n) is 34.0. The van der Waals surface area contributed by atoms with Crippen LogP contribution in [0.1, 0.15) is 122 Å². The molecule has 11 heteroatoms. The largest absolute Gasteiger partial charge is 0.472 e. The van der Waals surface area contributed by atoms with Gasteiger partial charge in [0.15, 0.2) is 6.10 Å². The monoisotopic (exact) mass is 801 g/mol. The Labute approximate surface area is 338 Å². The van der Waals surface area contributed by atoms with E-state index in [9.17, 15) is 19.0 Å². The second-order valence-electron chi connectivity index (χ2n) is 12.8. The average molecular weight is 802 g/mol. The van der Waals surface area contributed by atoms with Crippen LogP contribution in [0.3, 0.4) is 0 Å². The maximum Gasteiger partial charge on any atom is 0.472 e. The zero-order valence-corrected chi connectivity index (χ0v) is 34.9. The van der Waals surface area contributed by atoms with Crippen LogP contribution in [0.4, 0.5) is 0 Å². The van der Waals surface area contributed by atoms with E-state index >= 15 is 0 Å². The minimum Gasteiger partial charge on any atom is -0.462 e. The number of hydrogen-bond acceptors (Lipinski definition) is 9. The van der Waals surface area contributed by atoms with Gasteiger partial charge in [0.05, 0.1) is 13.2 Å². The Balaban J connectivity index is 4.40. The number of phosphoric ester groups is 1. The van der Waals surface area contributed by atoms with Gasteiger partial charge in [-0.25, -0.2) is 4.57 Å². The smallest absolute Gasteiger partial charge is 0.462 e. The zero-order chi connectivity index (χ0) is 41.1. The molecule has 1 unspecified atom stereocenters. The van der Waals surface area contributed by atoms with Crippen molar-refractivity contribution in [3.8, 4) is 0 Å². The summed E-state index contributed by atoms with van der Waals surface area (Å²) in [6, 6.07) is 0. The number of carbonyl (C=O) groups excluding carboxylic acids is 2. The molecule has 2 atom stereocenters. The van der Waals surface area contributed by atoms with E-state index in [0.717, 1.165) is 77.0 Å². The van der Waals surface area contributed by atoms with Crippen molar-refractivity contribution in [3.63, 3.8) is 0 Å². The number of allylic oxidation sites excluding steroid dienone is 18. The third kappa shape index (κ3) is 40.3. The Morgan fingerprint density at radius 2 is 1.00 bits per heavy atom. The van der Waals surface area contributed by atoms with Gasteiger partial charge in [0.2, 0.25) is 0 Å². The number of carbonyl (C=O) groups is 2. The molecule has 0 aromatic rings. The summed E-state index contributed by atoms with van der Waals surface area (Å²) in [7, 11) is -4.42. The van der Waals surface area contributed by atoms with Crippen molar-refractivity contribution in [2.75, 3.05) is 33.0 Å². The quantitative estimate of drug-likeness (QED) is 0.0239. The van der Waals surface area contributed by atoms with Gasteiger partial charge in [0.1, 0.15) is 6.61 Å². The van der Waals surface area contributed by atoms with Crippen LogP contribution >= 0.6 is 7.82 Å². The van der Waals surface area contributed by atoms with Gasteiger partial charge in [-0.2, -0.15) is 0 Å². The topological polar surface area (TPSA) is 155 Å². The third-order valence-electron chi connectivity index (χ3n) is 7.70. The molecule has 0 bridgehead atoms. The fraction of sp³-hybridized carbons (Fsp3) is 0.556. The van der Waals surface area contributed by atoms with Crippen LogP contribution in [0.5, 0.6) is 0 Å². The van der Waals surface area contributed by atoms with E-state index in [4.69, 9.17) is 29.4 Å². The molecule has 0 amide bonds. The molecular formula is C45H72NO9P. The van der Waals surface area contributed by atoms with Crippen molar-refractivity contribution < 1.29 is 42.7 Å². The molecule has 0 aliphatic carbocycles. The molecule has 0 radical (unpaired) electrons. The minimum absolute atomic E-state index is 0.0260. The van der Waals surface area contributed by atoms with Crippen LogP contribution in [0.25, 0.3) is 0 Å². The van der Waals surface area contributed by atoms with Gasteiger partial charge in [-0.15, -0.1) is 0 Å². The molecule has 316 valence electrons. The van der Waals surface area contributed by atoms with Crippen LogP contribution in [0.15, 0.2) is 109 Å². The maximum atomic E-state index is 12.5. The lowest BCUT2D eigenvalue weighted by molar-refractivity contribution is -0.161. The Kier molecular flexibility index (Phi) is 38.8. The Bertz CT molecular complexity index is 1280. The molecule has 0 saturated carbocycles. The first-order valence-electron chi connectivity index (χ1n) is 20.5. The first-order valence-corrected chi connectivity index (χ1v) is 22.0. The maximum absolute atomic E-state index is 12.5. The molecule has 0 fully saturated rings. The fourth-order valence-electron chi connectivity index (χ4n) is 4.70. The molecule has 0 rings (SSSR count). The number of unbranched alkanes of at least 4 members (excludes halogenated alkanes) is 5. The summed E-state index contributed by atoms with van der Waals surface area (Å²) in [5.74, 6) is -0.991. The van der Waals surface area contributed by atoms with Crippen molar-refractivity contribution in [2.24, 2.45) is 5.73 Å². The first kappa shape index (κ1) is 52.6. The standard InChI is InChI=1S/C45H72NO9P/c1-2-3-4-5-6-7-8-9-10-12-15-18-21-24-27-30-33-36-44(48)52-41-43(42-54-56(50,51)53-40-38-46)55-45(49)37-34-31-28-25-22-19-16-13-11-14-17-20-23-26-29-32-35-39-47/h3-4,6-7,9-11,14-16,18-20,23-25,27-28,43,47H,2,5,8,12-13,17,21-22,26,29-42,46H2,1H3,(H,50,51)/b4-3-,7-6-,10-9-,14-11-,18-15-,19-16-,23-20-,27-24-,28-25-/t43-/m1/s1. The predicted molar refractivity (Wildman–Crippen MR) is 230 cm³/mol. The molecule has 0 heterocycles.